The number of anilines is 4. The number of benzene rings is 2. The van der Waals surface area contributed by atoms with E-state index in [1.807, 2.05) is 24.3 Å². The molecule has 1 heterocycles. The molecule has 8 nitrogen and oxygen atoms in total. The first-order chi connectivity index (χ1) is 13.6. The molecule has 0 saturated heterocycles. The first kappa shape index (κ1) is 19.0. The molecule has 4 N–H and O–H groups in total. The minimum Gasteiger partial charge on any atom is -0.497 e. The van der Waals surface area contributed by atoms with E-state index in [4.69, 9.17) is 15.2 Å². The van der Waals surface area contributed by atoms with Crippen molar-refractivity contribution in [3.8, 4) is 5.75 Å². The number of nitrogen functional groups attached to an aromatic ring is 1. The zero-order chi connectivity index (χ0) is 19.9. The lowest BCUT2D eigenvalue weighted by molar-refractivity contribution is 0.0601. The smallest absolute Gasteiger partial charge is 0.337 e. The molecular weight excluding hydrogens is 358 g/mol. The van der Waals surface area contributed by atoms with Crippen molar-refractivity contribution in [1.82, 2.24) is 9.97 Å². The van der Waals surface area contributed by atoms with E-state index in [0.717, 1.165) is 17.0 Å². The Kier molecular flexibility index (Phi) is 5.91. The van der Waals surface area contributed by atoms with Crippen LogP contribution in [-0.2, 0) is 11.3 Å². The van der Waals surface area contributed by atoms with Gasteiger partial charge in [-0.2, -0.15) is 0 Å². The lowest BCUT2D eigenvalue weighted by Crippen LogP contribution is -2.08. The quantitative estimate of drug-likeness (QED) is 0.537. The van der Waals surface area contributed by atoms with Crippen molar-refractivity contribution in [2.45, 2.75) is 6.54 Å². The zero-order valence-electron chi connectivity index (χ0n) is 15.6. The van der Waals surface area contributed by atoms with E-state index in [2.05, 4.69) is 20.6 Å². The standard InChI is InChI=1S/C20H21N5O3/c1-27-16-9-3-13(4-10-16)11-22-18-17(21)19(24-12-23-18)25-15-7-5-14(6-8-15)20(26)28-2/h3-10,12H,11,21H2,1-2H3,(H2,22,23,24,25). The third-order valence-corrected chi connectivity index (χ3v) is 4.07. The molecule has 0 aliphatic heterocycles. The van der Waals surface area contributed by atoms with Crippen molar-refractivity contribution in [2.75, 3.05) is 30.6 Å². The molecule has 1 aromatic heterocycles. The van der Waals surface area contributed by atoms with Crippen LogP contribution in [0.3, 0.4) is 0 Å². The van der Waals surface area contributed by atoms with Gasteiger partial charge in [-0.15, -0.1) is 0 Å². The SMILES string of the molecule is COC(=O)c1ccc(Nc2ncnc(NCc3ccc(OC)cc3)c2N)cc1. The largest absolute Gasteiger partial charge is 0.497 e. The predicted octanol–water partition coefficient (Wildman–Crippen LogP) is 3.21. The number of carbonyl (C=O) groups is 1. The molecule has 144 valence electrons. The van der Waals surface area contributed by atoms with Crippen LogP contribution in [0.2, 0.25) is 0 Å². The van der Waals surface area contributed by atoms with Gasteiger partial charge in [-0.05, 0) is 42.0 Å². The Morgan fingerprint density at radius 2 is 1.68 bits per heavy atom. The summed E-state index contributed by atoms with van der Waals surface area (Å²) in [4.78, 5) is 19.9. The summed E-state index contributed by atoms with van der Waals surface area (Å²) in [7, 11) is 2.98. The Labute approximate surface area is 162 Å². The number of hydrogen-bond donors (Lipinski definition) is 3. The number of rotatable bonds is 7. The lowest BCUT2D eigenvalue weighted by Gasteiger charge is -2.13. The highest BCUT2D eigenvalue weighted by Crippen LogP contribution is 2.26. The molecule has 3 rings (SSSR count). The van der Waals surface area contributed by atoms with Gasteiger partial charge in [0, 0.05) is 12.2 Å². The lowest BCUT2D eigenvalue weighted by atomic mass is 10.2. The molecule has 0 fully saturated rings. The first-order valence-corrected chi connectivity index (χ1v) is 8.53. The van der Waals surface area contributed by atoms with Gasteiger partial charge in [0.05, 0.1) is 19.8 Å². The topological polar surface area (TPSA) is 111 Å². The highest BCUT2D eigenvalue weighted by Gasteiger charge is 2.09. The summed E-state index contributed by atoms with van der Waals surface area (Å²) in [5.74, 6) is 1.41. The highest BCUT2D eigenvalue weighted by atomic mass is 16.5. The van der Waals surface area contributed by atoms with E-state index in [1.165, 1.54) is 13.4 Å². The van der Waals surface area contributed by atoms with E-state index in [0.29, 0.717) is 29.4 Å². The summed E-state index contributed by atoms with van der Waals surface area (Å²) in [6.45, 7) is 0.554. The molecule has 0 atom stereocenters. The number of aromatic nitrogens is 2. The number of nitrogens with zero attached hydrogens (tertiary/aromatic N) is 2. The van der Waals surface area contributed by atoms with Gasteiger partial charge in [0.1, 0.15) is 17.8 Å². The number of ether oxygens (including phenoxy) is 2. The number of carbonyl (C=O) groups excluding carboxylic acids is 1. The van der Waals surface area contributed by atoms with Crippen LogP contribution in [0.5, 0.6) is 5.75 Å². The van der Waals surface area contributed by atoms with Crippen molar-refractivity contribution >= 4 is 29.0 Å². The van der Waals surface area contributed by atoms with Gasteiger partial charge in [-0.3, -0.25) is 0 Å². The first-order valence-electron chi connectivity index (χ1n) is 8.53. The second-order valence-corrected chi connectivity index (χ2v) is 5.88. The monoisotopic (exact) mass is 379 g/mol. The van der Waals surface area contributed by atoms with Crippen molar-refractivity contribution in [2.24, 2.45) is 0 Å². The minimum atomic E-state index is -0.391. The van der Waals surface area contributed by atoms with Gasteiger partial charge in [0.25, 0.3) is 0 Å². The maximum absolute atomic E-state index is 11.5. The summed E-state index contributed by atoms with van der Waals surface area (Å²) < 4.78 is 9.85. The van der Waals surface area contributed by atoms with Crippen LogP contribution in [-0.4, -0.2) is 30.2 Å². The van der Waals surface area contributed by atoms with Gasteiger partial charge in [-0.1, -0.05) is 12.1 Å². The maximum Gasteiger partial charge on any atom is 0.337 e. The van der Waals surface area contributed by atoms with E-state index in [-0.39, 0.29) is 0 Å². The average molecular weight is 379 g/mol. The summed E-state index contributed by atoms with van der Waals surface area (Å²) >= 11 is 0. The number of methoxy groups -OCH3 is 2. The number of nitrogens with one attached hydrogen (secondary N) is 2. The van der Waals surface area contributed by atoms with Gasteiger partial charge < -0.3 is 25.8 Å². The van der Waals surface area contributed by atoms with Crippen molar-refractivity contribution in [3.63, 3.8) is 0 Å². The third kappa shape index (κ3) is 4.47. The summed E-state index contributed by atoms with van der Waals surface area (Å²) in [6, 6.07) is 14.5. The molecule has 3 aromatic rings. The van der Waals surface area contributed by atoms with Crippen LogP contribution in [0.4, 0.5) is 23.0 Å². The molecule has 8 heteroatoms. The average Bonchev–Trinajstić information content (AvgIpc) is 2.74. The Morgan fingerprint density at radius 1 is 1.00 bits per heavy atom. The molecule has 2 aromatic carbocycles. The fourth-order valence-electron chi connectivity index (χ4n) is 2.51. The van der Waals surface area contributed by atoms with Crippen molar-refractivity contribution in [1.29, 1.82) is 0 Å². The summed E-state index contributed by atoms with van der Waals surface area (Å²) in [6.07, 6.45) is 1.43. The Morgan fingerprint density at radius 3 is 2.32 bits per heavy atom. The zero-order valence-corrected chi connectivity index (χ0v) is 15.6. The van der Waals surface area contributed by atoms with Gasteiger partial charge in [-0.25, -0.2) is 14.8 Å². The Bertz CT molecular complexity index is 943. The molecule has 0 radical (unpaired) electrons. The molecule has 0 saturated carbocycles. The second-order valence-electron chi connectivity index (χ2n) is 5.88. The molecule has 0 bridgehead atoms. The normalized spacial score (nSPS) is 10.2. The molecule has 0 aliphatic carbocycles. The fraction of sp³-hybridized carbons (Fsp3) is 0.150. The second kappa shape index (κ2) is 8.72. The fourth-order valence-corrected chi connectivity index (χ4v) is 2.51. The van der Waals surface area contributed by atoms with Crippen molar-refractivity contribution < 1.29 is 14.3 Å². The number of nitrogens with two attached hydrogens (primary N) is 1. The van der Waals surface area contributed by atoms with E-state index in [1.54, 1.807) is 31.4 Å². The molecular formula is C20H21N5O3. The molecule has 0 aliphatic rings. The van der Waals surface area contributed by atoms with Crippen molar-refractivity contribution in [3.05, 3.63) is 66.0 Å². The van der Waals surface area contributed by atoms with E-state index >= 15 is 0 Å². The highest BCUT2D eigenvalue weighted by molar-refractivity contribution is 5.90. The minimum absolute atomic E-state index is 0.391. The Hall–Kier alpha value is -3.81. The van der Waals surface area contributed by atoms with Crippen LogP contribution in [0.15, 0.2) is 54.9 Å². The molecule has 0 spiro atoms. The molecule has 28 heavy (non-hydrogen) atoms. The number of hydrogen-bond acceptors (Lipinski definition) is 8. The summed E-state index contributed by atoms with van der Waals surface area (Å²) in [5.41, 5.74) is 8.85. The van der Waals surface area contributed by atoms with E-state index < -0.39 is 5.97 Å². The Balaban J connectivity index is 1.69. The number of esters is 1. The van der Waals surface area contributed by atoms with Crippen LogP contribution >= 0.6 is 0 Å². The van der Waals surface area contributed by atoms with Gasteiger partial charge in [0.15, 0.2) is 11.6 Å². The third-order valence-electron chi connectivity index (χ3n) is 4.07. The van der Waals surface area contributed by atoms with Crippen LogP contribution in [0.1, 0.15) is 15.9 Å². The van der Waals surface area contributed by atoms with Crippen LogP contribution in [0, 0.1) is 0 Å². The van der Waals surface area contributed by atoms with Crippen LogP contribution < -0.4 is 21.1 Å². The van der Waals surface area contributed by atoms with E-state index in [9.17, 15) is 4.79 Å². The maximum atomic E-state index is 11.5. The van der Waals surface area contributed by atoms with Crippen LogP contribution in [0.25, 0.3) is 0 Å². The molecule has 0 amide bonds. The van der Waals surface area contributed by atoms with Gasteiger partial charge in [0.2, 0.25) is 0 Å². The molecule has 0 unspecified atom stereocenters. The van der Waals surface area contributed by atoms with Gasteiger partial charge >= 0.3 is 5.97 Å². The predicted molar refractivity (Wildman–Crippen MR) is 108 cm³/mol. The summed E-state index contributed by atoms with van der Waals surface area (Å²) in [5, 5.41) is 6.33.